The third kappa shape index (κ3) is 4.54. The molecule has 0 fully saturated rings. The van der Waals surface area contributed by atoms with E-state index in [-0.39, 0.29) is 13.2 Å². The van der Waals surface area contributed by atoms with Crippen molar-refractivity contribution in [2.24, 2.45) is 0 Å². The number of rotatable bonds is 7. The quantitative estimate of drug-likeness (QED) is 0.180. The number of carbonyl (C=O) groups excluding carboxylic acids is 2. The number of amides is 1. The molecule has 0 aromatic heterocycles. The predicted octanol–water partition coefficient (Wildman–Crippen LogP) is 5.60. The molecule has 0 saturated heterocycles. The normalized spacial score (nSPS) is 10.5. The summed E-state index contributed by atoms with van der Waals surface area (Å²) >= 11 is 0. The van der Waals surface area contributed by atoms with Gasteiger partial charge >= 0.3 is 12.1 Å². The van der Waals surface area contributed by atoms with Crippen LogP contribution in [-0.4, -0.2) is 25.2 Å². The van der Waals surface area contributed by atoms with Crippen molar-refractivity contribution in [2.45, 2.75) is 0 Å². The van der Waals surface area contributed by atoms with Gasteiger partial charge in [-0.3, -0.25) is 0 Å². The third-order valence-corrected chi connectivity index (χ3v) is 4.77. The van der Waals surface area contributed by atoms with E-state index in [0.717, 1.165) is 27.6 Å². The highest BCUT2D eigenvalue weighted by Gasteiger charge is 2.18. The van der Waals surface area contributed by atoms with Gasteiger partial charge in [0.2, 0.25) is 0 Å². The lowest BCUT2D eigenvalue weighted by Crippen LogP contribution is -2.30. The van der Waals surface area contributed by atoms with Gasteiger partial charge in [-0.05, 0) is 12.1 Å². The van der Waals surface area contributed by atoms with E-state index in [9.17, 15) is 9.59 Å². The minimum atomic E-state index is -0.647. The molecule has 0 aliphatic rings. The average molecular weight is 427 g/mol. The SMILES string of the molecule is C=CC(=O)OCCNC(=O)Oc1c2ccccc2c(Oc2ccccc2)c2ccccc12. The second-order valence-corrected chi connectivity index (χ2v) is 6.85. The molecule has 0 aliphatic carbocycles. The van der Waals surface area contributed by atoms with Gasteiger partial charge in [-0.1, -0.05) is 73.3 Å². The fraction of sp³-hybridized carbons (Fsp3) is 0.0769. The maximum atomic E-state index is 12.5. The molecular weight excluding hydrogens is 406 g/mol. The van der Waals surface area contributed by atoms with Crippen LogP contribution in [-0.2, 0) is 9.53 Å². The number of fused-ring (bicyclic) bond motifs is 2. The zero-order valence-electron chi connectivity index (χ0n) is 17.2. The van der Waals surface area contributed by atoms with Gasteiger partial charge in [-0.15, -0.1) is 0 Å². The minimum Gasteiger partial charge on any atom is -0.461 e. The van der Waals surface area contributed by atoms with Gasteiger partial charge in [0, 0.05) is 27.6 Å². The number of benzene rings is 4. The predicted molar refractivity (Wildman–Crippen MR) is 123 cm³/mol. The van der Waals surface area contributed by atoms with Gasteiger partial charge in [0.15, 0.2) is 0 Å². The lowest BCUT2D eigenvalue weighted by Gasteiger charge is -2.17. The van der Waals surface area contributed by atoms with Crippen LogP contribution in [0.15, 0.2) is 91.5 Å². The highest BCUT2D eigenvalue weighted by molar-refractivity contribution is 6.12. The maximum Gasteiger partial charge on any atom is 0.412 e. The van der Waals surface area contributed by atoms with E-state index in [1.807, 2.05) is 78.9 Å². The Bertz CT molecular complexity index is 1230. The molecule has 0 spiro atoms. The lowest BCUT2D eigenvalue weighted by molar-refractivity contribution is -0.137. The number of carbonyl (C=O) groups is 2. The van der Waals surface area contributed by atoms with Gasteiger partial charge in [-0.2, -0.15) is 0 Å². The van der Waals surface area contributed by atoms with Crippen molar-refractivity contribution in [1.29, 1.82) is 0 Å². The summed E-state index contributed by atoms with van der Waals surface area (Å²) in [5.74, 6) is 1.28. The number of hydrogen-bond donors (Lipinski definition) is 1. The Morgan fingerprint density at radius 2 is 1.31 bits per heavy atom. The van der Waals surface area contributed by atoms with E-state index in [2.05, 4.69) is 11.9 Å². The van der Waals surface area contributed by atoms with Crippen LogP contribution < -0.4 is 14.8 Å². The Morgan fingerprint density at radius 1 is 0.781 bits per heavy atom. The van der Waals surface area contributed by atoms with Crippen LogP contribution >= 0.6 is 0 Å². The molecule has 6 heteroatoms. The first-order chi connectivity index (χ1) is 15.7. The summed E-state index contributed by atoms with van der Waals surface area (Å²) in [6, 6.07) is 24.7. The van der Waals surface area contributed by atoms with E-state index >= 15 is 0 Å². The summed E-state index contributed by atoms with van der Waals surface area (Å²) in [6.45, 7) is 3.46. The van der Waals surface area contributed by atoms with Gasteiger partial charge in [-0.25, -0.2) is 9.59 Å². The van der Waals surface area contributed by atoms with Crippen molar-refractivity contribution >= 4 is 33.6 Å². The molecule has 1 N–H and O–H groups in total. The van der Waals surface area contributed by atoms with Crippen LogP contribution in [0.1, 0.15) is 0 Å². The molecule has 4 rings (SSSR count). The first-order valence-electron chi connectivity index (χ1n) is 10.1. The zero-order valence-corrected chi connectivity index (χ0v) is 17.2. The molecule has 4 aromatic rings. The largest absolute Gasteiger partial charge is 0.461 e. The Labute approximate surface area is 185 Å². The molecule has 32 heavy (non-hydrogen) atoms. The van der Waals surface area contributed by atoms with Crippen LogP contribution in [0.3, 0.4) is 0 Å². The van der Waals surface area contributed by atoms with Crippen molar-refractivity contribution in [2.75, 3.05) is 13.2 Å². The number of nitrogens with one attached hydrogen (secondary N) is 1. The Balaban J connectivity index is 1.69. The summed E-state index contributed by atoms with van der Waals surface area (Å²) in [6.07, 6.45) is 0.419. The Kier molecular flexibility index (Phi) is 6.32. The van der Waals surface area contributed by atoms with Crippen LogP contribution in [0.25, 0.3) is 21.5 Å². The summed E-state index contributed by atoms with van der Waals surface area (Å²) < 4.78 is 16.8. The van der Waals surface area contributed by atoms with E-state index in [1.165, 1.54) is 0 Å². The number of ether oxygens (including phenoxy) is 3. The van der Waals surface area contributed by atoms with Crippen molar-refractivity contribution in [1.82, 2.24) is 5.32 Å². The van der Waals surface area contributed by atoms with Crippen LogP contribution in [0.5, 0.6) is 17.2 Å². The molecule has 0 atom stereocenters. The van der Waals surface area contributed by atoms with Gasteiger partial charge in [0.25, 0.3) is 0 Å². The smallest absolute Gasteiger partial charge is 0.412 e. The van der Waals surface area contributed by atoms with E-state index in [0.29, 0.717) is 17.2 Å². The highest BCUT2D eigenvalue weighted by atomic mass is 16.6. The van der Waals surface area contributed by atoms with Crippen LogP contribution in [0.4, 0.5) is 4.79 Å². The number of esters is 1. The van der Waals surface area contributed by atoms with Crippen molar-refractivity contribution in [3.63, 3.8) is 0 Å². The van der Waals surface area contributed by atoms with Crippen LogP contribution in [0, 0.1) is 0 Å². The third-order valence-electron chi connectivity index (χ3n) is 4.77. The van der Waals surface area contributed by atoms with Crippen molar-refractivity contribution < 1.29 is 23.8 Å². The summed E-state index contributed by atoms with van der Waals surface area (Å²) in [5.41, 5.74) is 0. The number of hydrogen-bond acceptors (Lipinski definition) is 5. The molecule has 0 radical (unpaired) electrons. The molecule has 160 valence electrons. The second kappa shape index (κ2) is 9.66. The molecule has 0 bridgehead atoms. The van der Waals surface area contributed by atoms with Crippen molar-refractivity contribution in [3.05, 3.63) is 91.5 Å². The molecule has 0 unspecified atom stereocenters. The van der Waals surface area contributed by atoms with Crippen molar-refractivity contribution in [3.8, 4) is 17.2 Å². The fourth-order valence-electron chi connectivity index (χ4n) is 3.37. The standard InChI is InChI=1S/C26H21NO5/c1-2-23(28)30-17-16-27-26(29)32-25-21-14-8-6-12-19(21)24(20-13-7-9-15-22(20)25)31-18-10-4-3-5-11-18/h2-15H,1,16-17H2,(H,27,29). The lowest BCUT2D eigenvalue weighted by atomic mass is 10.0. The maximum absolute atomic E-state index is 12.5. The monoisotopic (exact) mass is 427 g/mol. The van der Waals surface area contributed by atoms with Gasteiger partial charge in [0.1, 0.15) is 23.9 Å². The van der Waals surface area contributed by atoms with Gasteiger partial charge in [0.05, 0.1) is 6.54 Å². The molecule has 0 heterocycles. The van der Waals surface area contributed by atoms with E-state index < -0.39 is 12.1 Å². The molecule has 4 aromatic carbocycles. The molecule has 0 saturated carbocycles. The van der Waals surface area contributed by atoms with E-state index in [4.69, 9.17) is 14.2 Å². The summed E-state index contributed by atoms with van der Waals surface area (Å²) in [4.78, 5) is 23.6. The summed E-state index contributed by atoms with van der Waals surface area (Å²) in [5, 5.41) is 5.71. The minimum absolute atomic E-state index is 0.0191. The van der Waals surface area contributed by atoms with Crippen LogP contribution in [0.2, 0.25) is 0 Å². The molecule has 6 nitrogen and oxygen atoms in total. The number of para-hydroxylation sites is 1. The zero-order chi connectivity index (χ0) is 22.3. The Morgan fingerprint density at radius 3 is 1.88 bits per heavy atom. The first kappa shape index (κ1) is 20.9. The summed E-state index contributed by atoms with van der Waals surface area (Å²) in [7, 11) is 0. The fourth-order valence-corrected chi connectivity index (χ4v) is 3.37. The topological polar surface area (TPSA) is 73.9 Å². The van der Waals surface area contributed by atoms with E-state index in [1.54, 1.807) is 0 Å². The van der Waals surface area contributed by atoms with Gasteiger partial charge < -0.3 is 19.5 Å². The first-order valence-corrected chi connectivity index (χ1v) is 10.1. The molecule has 1 amide bonds. The second-order valence-electron chi connectivity index (χ2n) is 6.85. The highest BCUT2D eigenvalue weighted by Crippen LogP contribution is 2.44. The molecular formula is C26H21NO5. The Hall–Kier alpha value is -4.32. The average Bonchev–Trinajstić information content (AvgIpc) is 2.84. The molecule has 0 aliphatic heterocycles.